The zero-order valence-corrected chi connectivity index (χ0v) is 10.7. The van der Waals surface area contributed by atoms with Crippen molar-refractivity contribution in [2.75, 3.05) is 6.61 Å². The normalized spacial score (nSPS) is 9.78. The van der Waals surface area contributed by atoms with Crippen LogP contribution in [0.25, 0.3) is 11.1 Å². The number of benzene rings is 1. The van der Waals surface area contributed by atoms with Gasteiger partial charge in [0.15, 0.2) is 10.8 Å². The van der Waals surface area contributed by atoms with Crippen molar-refractivity contribution in [3.63, 3.8) is 0 Å². The van der Waals surface area contributed by atoms with Crippen LogP contribution in [0.15, 0.2) is 35.7 Å². The molecule has 0 aliphatic rings. The van der Waals surface area contributed by atoms with E-state index in [9.17, 15) is 10.1 Å². The van der Waals surface area contributed by atoms with Crippen LogP contribution in [0.3, 0.4) is 0 Å². The minimum absolute atomic E-state index is 0.00340. The van der Waals surface area contributed by atoms with Crippen LogP contribution in [0.5, 0.6) is 5.06 Å². The first-order chi connectivity index (χ1) is 8.72. The van der Waals surface area contributed by atoms with Crippen molar-refractivity contribution in [2.45, 2.75) is 6.92 Å². The van der Waals surface area contributed by atoms with E-state index in [2.05, 4.69) is 6.07 Å². The molecule has 0 bridgehead atoms. The smallest absolute Gasteiger partial charge is 0.192 e. The molecule has 90 valence electrons. The Hall–Kier alpha value is -2.12. The highest BCUT2D eigenvalue weighted by Crippen LogP contribution is 2.36. The molecular weight excluding hydrogens is 246 g/mol. The summed E-state index contributed by atoms with van der Waals surface area (Å²) in [5, 5.41) is 11.6. The number of Topliss-reactive ketones (excluding diaryl/α,β-unsaturated/α-hetero) is 1. The average Bonchev–Trinajstić information content (AvgIpc) is 2.80. The lowest BCUT2D eigenvalue weighted by Crippen LogP contribution is -2.06. The van der Waals surface area contributed by atoms with Crippen LogP contribution in [0.2, 0.25) is 0 Å². The first-order valence-corrected chi connectivity index (χ1v) is 6.29. The second-order valence-electron chi connectivity index (χ2n) is 3.78. The standard InChI is InChI=1S/C14H11NO2S/c1-10(16)8-17-14-12(7-15)13(9-18-14)11-5-3-2-4-6-11/h2-6,9H,8H2,1H3. The zero-order valence-electron chi connectivity index (χ0n) is 9.84. The van der Waals surface area contributed by atoms with E-state index in [-0.39, 0.29) is 12.4 Å². The quantitative estimate of drug-likeness (QED) is 0.844. The molecule has 0 saturated heterocycles. The lowest BCUT2D eigenvalue weighted by molar-refractivity contribution is -0.118. The van der Waals surface area contributed by atoms with Crippen LogP contribution in [-0.2, 0) is 4.79 Å². The molecular formula is C14H11NO2S. The van der Waals surface area contributed by atoms with Gasteiger partial charge in [0.1, 0.15) is 18.2 Å². The third kappa shape index (κ3) is 2.58. The van der Waals surface area contributed by atoms with Gasteiger partial charge < -0.3 is 4.74 Å². The molecule has 2 aromatic rings. The number of carbonyl (C=O) groups is 1. The molecule has 0 unspecified atom stereocenters. The van der Waals surface area contributed by atoms with Gasteiger partial charge in [0.25, 0.3) is 0 Å². The Bertz CT molecular complexity index is 596. The first-order valence-electron chi connectivity index (χ1n) is 5.41. The fraction of sp³-hybridized carbons (Fsp3) is 0.143. The molecule has 2 rings (SSSR count). The minimum atomic E-state index is -0.0615. The molecule has 0 fully saturated rings. The monoisotopic (exact) mass is 257 g/mol. The van der Waals surface area contributed by atoms with Crippen LogP contribution in [0, 0.1) is 11.3 Å². The second-order valence-corrected chi connectivity index (χ2v) is 4.62. The molecule has 18 heavy (non-hydrogen) atoms. The van der Waals surface area contributed by atoms with Crippen molar-refractivity contribution in [3.05, 3.63) is 41.3 Å². The Kier molecular flexibility index (Phi) is 3.75. The zero-order chi connectivity index (χ0) is 13.0. The number of ketones is 1. The minimum Gasteiger partial charge on any atom is -0.475 e. The van der Waals surface area contributed by atoms with Crippen LogP contribution in [0.1, 0.15) is 12.5 Å². The third-order valence-corrected chi connectivity index (χ3v) is 3.25. The lowest BCUT2D eigenvalue weighted by Gasteiger charge is -2.02. The number of carbonyl (C=O) groups excluding carboxylic acids is 1. The first kappa shape index (κ1) is 12.3. The lowest BCUT2D eigenvalue weighted by atomic mass is 10.1. The molecule has 0 N–H and O–H groups in total. The summed E-state index contributed by atoms with van der Waals surface area (Å²) in [5.74, 6) is -0.0615. The van der Waals surface area contributed by atoms with Crippen molar-refractivity contribution in [2.24, 2.45) is 0 Å². The van der Waals surface area contributed by atoms with Gasteiger partial charge >= 0.3 is 0 Å². The number of nitrogens with zero attached hydrogens (tertiary/aromatic N) is 1. The van der Waals surface area contributed by atoms with Crippen molar-refractivity contribution < 1.29 is 9.53 Å². The maximum Gasteiger partial charge on any atom is 0.192 e. The summed E-state index contributed by atoms with van der Waals surface area (Å²) >= 11 is 1.34. The molecule has 0 atom stereocenters. The van der Waals surface area contributed by atoms with E-state index in [4.69, 9.17) is 4.74 Å². The maximum atomic E-state index is 10.9. The Balaban J connectivity index is 2.34. The molecule has 1 aromatic carbocycles. The van der Waals surface area contributed by atoms with Crippen molar-refractivity contribution in [1.82, 2.24) is 0 Å². The van der Waals surface area contributed by atoms with Gasteiger partial charge in [-0.05, 0) is 12.5 Å². The predicted octanol–water partition coefficient (Wildman–Crippen LogP) is 3.25. The Morgan fingerprint density at radius 1 is 1.39 bits per heavy atom. The van der Waals surface area contributed by atoms with Crippen molar-refractivity contribution >= 4 is 17.1 Å². The van der Waals surface area contributed by atoms with Gasteiger partial charge in [0.05, 0.1) is 0 Å². The molecule has 1 aromatic heterocycles. The number of nitriles is 1. The molecule has 1 heterocycles. The highest BCUT2D eigenvalue weighted by Gasteiger charge is 2.14. The summed E-state index contributed by atoms with van der Waals surface area (Å²) in [5.41, 5.74) is 2.32. The van der Waals surface area contributed by atoms with Gasteiger partial charge in [0.2, 0.25) is 0 Å². The summed E-state index contributed by atoms with van der Waals surface area (Å²) < 4.78 is 5.34. The molecule has 0 aliphatic carbocycles. The number of thiophene rings is 1. The van der Waals surface area contributed by atoms with E-state index in [1.165, 1.54) is 18.3 Å². The highest BCUT2D eigenvalue weighted by atomic mass is 32.1. The Morgan fingerprint density at radius 3 is 2.72 bits per heavy atom. The number of hydrogen-bond acceptors (Lipinski definition) is 4. The topological polar surface area (TPSA) is 50.1 Å². The van der Waals surface area contributed by atoms with Gasteiger partial charge in [0, 0.05) is 10.9 Å². The van der Waals surface area contributed by atoms with Gasteiger partial charge in [-0.25, -0.2) is 0 Å². The van der Waals surface area contributed by atoms with E-state index < -0.39 is 0 Å². The average molecular weight is 257 g/mol. The third-order valence-electron chi connectivity index (χ3n) is 2.36. The molecule has 0 radical (unpaired) electrons. The van der Waals surface area contributed by atoms with Crippen molar-refractivity contribution in [3.8, 4) is 22.3 Å². The molecule has 0 saturated carbocycles. The number of rotatable bonds is 4. The van der Waals surface area contributed by atoms with Crippen LogP contribution >= 0.6 is 11.3 Å². The van der Waals surface area contributed by atoms with Gasteiger partial charge in [-0.1, -0.05) is 30.3 Å². The summed E-state index contributed by atoms with van der Waals surface area (Å²) in [4.78, 5) is 10.9. The van der Waals surface area contributed by atoms with Gasteiger partial charge in [-0.15, -0.1) is 11.3 Å². The summed E-state index contributed by atoms with van der Waals surface area (Å²) in [6, 6.07) is 11.8. The molecule has 4 heteroatoms. The van der Waals surface area contributed by atoms with Crippen LogP contribution in [-0.4, -0.2) is 12.4 Å². The molecule has 0 amide bonds. The summed E-state index contributed by atoms with van der Waals surface area (Å²) in [6.45, 7) is 1.46. The van der Waals surface area contributed by atoms with E-state index in [1.54, 1.807) is 0 Å². The number of ether oxygens (including phenoxy) is 1. The van der Waals surface area contributed by atoms with Crippen LogP contribution < -0.4 is 4.74 Å². The van der Waals surface area contributed by atoms with Crippen molar-refractivity contribution in [1.29, 1.82) is 5.26 Å². The summed E-state index contributed by atoms with van der Waals surface area (Å²) in [7, 11) is 0. The van der Waals surface area contributed by atoms with E-state index in [1.807, 2.05) is 35.7 Å². The van der Waals surface area contributed by atoms with Crippen LogP contribution in [0.4, 0.5) is 0 Å². The fourth-order valence-corrected chi connectivity index (χ4v) is 2.43. The molecule has 3 nitrogen and oxygen atoms in total. The van der Waals surface area contributed by atoms with E-state index in [0.29, 0.717) is 10.6 Å². The number of hydrogen-bond donors (Lipinski definition) is 0. The Labute approximate surface area is 109 Å². The largest absolute Gasteiger partial charge is 0.475 e. The van der Waals surface area contributed by atoms with E-state index in [0.717, 1.165) is 11.1 Å². The molecule has 0 aliphatic heterocycles. The SMILES string of the molecule is CC(=O)COc1scc(-c2ccccc2)c1C#N. The van der Waals surface area contributed by atoms with E-state index >= 15 is 0 Å². The summed E-state index contributed by atoms with van der Waals surface area (Å²) in [6.07, 6.45) is 0. The maximum absolute atomic E-state index is 10.9. The van der Waals surface area contributed by atoms with Gasteiger partial charge in [-0.3, -0.25) is 4.79 Å². The predicted molar refractivity (Wildman–Crippen MR) is 70.6 cm³/mol. The fourth-order valence-electron chi connectivity index (χ4n) is 1.55. The molecule has 0 spiro atoms. The Morgan fingerprint density at radius 2 is 2.11 bits per heavy atom. The van der Waals surface area contributed by atoms with Gasteiger partial charge in [-0.2, -0.15) is 5.26 Å². The second kappa shape index (κ2) is 5.48. The highest BCUT2D eigenvalue weighted by molar-refractivity contribution is 7.12.